The molecule has 0 unspecified atom stereocenters. The molecule has 8 nitrogen and oxygen atoms in total. The first kappa shape index (κ1) is 27.6. The molecule has 0 aliphatic rings. The number of halogens is 2. The summed E-state index contributed by atoms with van der Waals surface area (Å²) in [6.07, 6.45) is -1.57. The van der Waals surface area contributed by atoms with Gasteiger partial charge in [0.05, 0.1) is 25.1 Å². The van der Waals surface area contributed by atoms with Crippen molar-refractivity contribution < 1.29 is 27.8 Å². The Morgan fingerprint density at radius 2 is 1.63 bits per heavy atom. The van der Waals surface area contributed by atoms with Gasteiger partial charge in [-0.3, -0.25) is 4.79 Å². The third kappa shape index (κ3) is 6.27. The Balaban J connectivity index is 1.30. The summed E-state index contributed by atoms with van der Waals surface area (Å²) in [5.41, 5.74) is 2.15. The summed E-state index contributed by atoms with van der Waals surface area (Å²) in [7, 11) is 0. The van der Waals surface area contributed by atoms with Crippen LogP contribution in [0.25, 0.3) is 16.9 Å². The lowest BCUT2D eigenvalue weighted by Gasteiger charge is -2.13. The number of amides is 1. The number of hydrogen-bond acceptors (Lipinski definition) is 6. The van der Waals surface area contributed by atoms with E-state index in [-0.39, 0.29) is 16.9 Å². The van der Waals surface area contributed by atoms with Crippen molar-refractivity contribution in [3.63, 3.8) is 0 Å². The topological polar surface area (TPSA) is 87.0 Å². The van der Waals surface area contributed by atoms with Crippen LogP contribution in [0, 0.1) is 0 Å². The number of rotatable bonds is 11. The van der Waals surface area contributed by atoms with Crippen molar-refractivity contribution in [2.45, 2.75) is 26.9 Å². The van der Waals surface area contributed by atoms with Crippen LogP contribution in [0.1, 0.15) is 41.9 Å². The van der Waals surface area contributed by atoms with Crippen LogP contribution in [0.2, 0.25) is 0 Å². The van der Waals surface area contributed by atoms with Gasteiger partial charge in [-0.05, 0) is 61.9 Å². The molecule has 10 heteroatoms. The Kier molecular flexibility index (Phi) is 8.38. The van der Waals surface area contributed by atoms with Gasteiger partial charge in [-0.1, -0.05) is 36.4 Å². The minimum Gasteiger partial charge on any atom is -0.490 e. The number of carbonyl (C=O) groups excluding carboxylic acids is 1. The zero-order chi connectivity index (χ0) is 28.8. The molecule has 0 saturated heterocycles. The lowest BCUT2D eigenvalue weighted by Crippen LogP contribution is -2.12. The van der Waals surface area contributed by atoms with E-state index in [0.717, 1.165) is 10.1 Å². The van der Waals surface area contributed by atoms with Crippen molar-refractivity contribution in [1.29, 1.82) is 0 Å². The summed E-state index contributed by atoms with van der Waals surface area (Å²) in [5.74, 6) is 1.42. The predicted octanol–water partition coefficient (Wildman–Crippen LogP) is 6.96. The van der Waals surface area contributed by atoms with Crippen molar-refractivity contribution in [2.24, 2.45) is 0 Å². The van der Waals surface area contributed by atoms with Gasteiger partial charge in [-0.15, -0.1) is 0 Å². The van der Waals surface area contributed by atoms with E-state index in [1.807, 2.05) is 38.1 Å². The minimum absolute atomic E-state index is 0.0425. The van der Waals surface area contributed by atoms with Crippen molar-refractivity contribution in [3.05, 3.63) is 102 Å². The number of hydrogen-bond donors (Lipinski definition) is 1. The average Bonchev–Trinajstić information content (AvgIpc) is 3.42. The molecule has 0 aliphatic heterocycles. The fourth-order valence-corrected chi connectivity index (χ4v) is 4.24. The molecule has 0 spiro atoms. The van der Waals surface area contributed by atoms with Crippen LogP contribution in [0.4, 0.5) is 14.5 Å². The van der Waals surface area contributed by atoms with Crippen molar-refractivity contribution >= 4 is 17.2 Å². The summed E-state index contributed by atoms with van der Waals surface area (Å²) in [6, 6.07) is 22.7. The lowest BCUT2D eigenvalue weighted by molar-refractivity contribution is 0.102. The maximum Gasteiger partial charge on any atom is 0.280 e. The highest BCUT2D eigenvalue weighted by Gasteiger charge is 2.21. The number of carbonyl (C=O) groups is 1. The molecule has 2 aromatic heterocycles. The van der Waals surface area contributed by atoms with Crippen LogP contribution in [0.15, 0.2) is 85.1 Å². The van der Waals surface area contributed by atoms with Crippen LogP contribution in [-0.4, -0.2) is 33.7 Å². The summed E-state index contributed by atoms with van der Waals surface area (Å²) < 4.78 is 45.9. The molecule has 1 N–H and O–H groups in total. The van der Waals surface area contributed by atoms with E-state index < -0.39 is 12.3 Å². The van der Waals surface area contributed by atoms with E-state index in [1.54, 1.807) is 48.5 Å². The molecule has 0 bridgehead atoms. The number of benzene rings is 3. The second-order valence-electron chi connectivity index (χ2n) is 8.94. The van der Waals surface area contributed by atoms with Gasteiger partial charge >= 0.3 is 0 Å². The number of nitrogens with one attached hydrogen (secondary N) is 1. The highest BCUT2D eigenvalue weighted by Crippen LogP contribution is 2.30. The largest absolute Gasteiger partial charge is 0.490 e. The first-order chi connectivity index (χ1) is 20.0. The number of ether oxygens (including phenoxy) is 3. The van der Waals surface area contributed by atoms with E-state index in [2.05, 4.69) is 15.4 Å². The first-order valence-corrected chi connectivity index (χ1v) is 13.1. The molecule has 0 atom stereocenters. The number of fused-ring (bicyclic) bond motifs is 1. The van der Waals surface area contributed by atoms with Crippen LogP contribution in [0.5, 0.6) is 17.2 Å². The summed E-state index contributed by atoms with van der Waals surface area (Å²) >= 11 is 0. The molecule has 5 aromatic rings. The molecule has 3 aromatic carbocycles. The third-order valence-corrected chi connectivity index (χ3v) is 6.16. The molecule has 0 radical (unpaired) electrons. The molecular formula is C31H28F2N4O4. The van der Waals surface area contributed by atoms with Crippen LogP contribution in [-0.2, 0) is 6.61 Å². The van der Waals surface area contributed by atoms with Gasteiger partial charge < -0.3 is 19.5 Å². The van der Waals surface area contributed by atoms with Gasteiger partial charge in [0.1, 0.15) is 23.6 Å². The monoisotopic (exact) mass is 558 g/mol. The van der Waals surface area contributed by atoms with Gasteiger partial charge in [0.25, 0.3) is 12.3 Å². The van der Waals surface area contributed by atoms with Gasteiger partial charge in [-0.2, -0.15) is 5.10 Å². The highest BCUT2D eigenvalue weighted by molar-refractivity contribution is 6.08. The fraction of sp³-hybridized carbons (Fsp3) is 0.194. The van der Waals surface area contributed by atoms with Crippen molar-refractivity contribution in [3.8, 4) is 28.5 Å². The number of nitrogens with zero attached hydrogens (tertiary/aromatic N) is 3. The zero-order valence-corrected chi connectivity index (χ0v) is 22.5. The third-order valence-electron chi connectivity index (χ3n) is 6.16. The lowest BCUT2D eigenvalue weighted by atomic mass is 10.1. The molecule has 210 valence electrons. The Morgan fingerprint density at radius 3 is 2.34 bits per heavy atom. The van der Waals surface area contributed by atoms with Gasteiger partial charge in [0.15, 0.2) is 17.1 Å². The molecule has 5 rings (SSSR count). The zero-order valence-electron chi connectivity index (χ0n) is 22.5. The number of alkyl halides is 2. The summed E-state index contributed by atoms with van der Waals surface area (Å²) in [5, 5.41) is 6.79. The van der Waals surface area contributed by atoms with Gasteiger partial charge in [-0.25, -0.2) is 18.3 Å². The average molecular weight is 559 g/mol. The van der Waals surface area contributed by atoms with E-state index in [4.69, 9.17) is 14.2 Å². The van der Waals surface area contributed by atoms with E-state index in [1.165, 1.54) is 12.3 Å². The van der Waals surface area contributed by atoms with Crippen molar-refractivity contribution in [2.75, 3.05) is 18.5 Å². The highest BCUT2D eigenvalue weighted by atomic mass is 19.3. The molecule has 1 amide bonds. The first-order valence-electron chi connectivity index (χ1n) is 13.1. The normalized spacial score (nSPS) is 11.0. The van der Waals surface area contributed by atoms with Gasteiger partial charge in [0, 0.05) is 11.3 Å². The standard InChI is InChI=1S/C31H28F2N4O4/c1-3-39-27-15-10-20(16-28(27)40-4-2)19-41-23-13-11-22(12-14-23)35-31(38)24-18-34-37-26(29(32)33)17-25(36-30(24)37)21-8-6-5-7-9-21/h5-18,29H,3-4,19H2,1-2H3,(H,35,38). The van der Waals surface area contributed by atoms with Crippen molar-refractivity contribution in [1.82, 2.24) is 14.6 Å². The summed E-state index contributed by atoms with van der Waals surface area (Å²) in [4.78, 5) is 17.6. The Labute approximate surface area is 235 Å². The number of anilines is 1. The van der Waals surface area contributed by atoms with E-state index >= 15 is 0 Å². The maximum atomic E-state index is 13.8. The van der Waals surface area contributed by atoms with Crippen LogP contribution in [0.3, 0.4) is 0 Å². The molecular weight excluding hydrogens is 530 g/mol. The number of aromatic nitrogens is 3. The fourth-order valence-electron chi connectivity index (χ4n) is 4.24. The SMILES string of the molecule is CCOc1ccc(COc2ccc(NC(=O)c3cnn4c(C(F)F)cc(-c5ccccc5)nc34)cc2)cc1OCC. The van der Waals surface area contributed by atoms with E-state index in [9.17, 15) is 13.6 Å². The Hall–Kier alpha value is -4.99. The predicted molar refractivity (Wildman–Crippen MR) is 151 cm³/mol. The molecule has 0 fully saturated rings. The van der Waals surface area contributed by atoms with E-state index in [0.29, 0.717) is 54.0 Å². The second kappa shape index (κ2) is 12.5. The quantitative estimate of drug-likeness (QED) is 0.189. The molecule has 0 aliphatic carbocycles. The molecule has 2 heterocycles. The van der Waals surface area contributed by atoms with Crippen LogP contribution < -0.4 is 19.5 Å². The second-order valence-corrected chi connectivity index (χ2v) is 8.94. The smallest absolute Gasteiger partial charge is 0.280 e. The molecule has 41 heavy (non-hydrogen) atoms. The minimum atomic E-state index is -2.81. The molecule has 0 saturated carbocycles. The Bertz CT molecular complexity index is 1640. The van der Waals surface area contributed by atoms with Gasteiger partial charge in [0.2, 0.25) is 0 Å². The Morgan fingerprint density at radius 1 is 0.902 bits per heavy atom. The van der Waals surface area contributed by atoms with Crippen LogP contribution >= 0.6 is 0 Å². The maximum absolute atomic E-state index is 13.8. The summed E-state index contributed by atoms with van der Waals surface area (Å²) in [6.45, 7) is 5.19.